The van der Waals surface area contributed by atoms with Crippen LogP contribution in [0.1, 0.15) is 11.5 Å². The van der Waals surface area contributed by atoms with E-state index in [1.807, 2.05) is 6.08 Å². The number of aromatic nitrogens is 1. The van der Waals surface area contributed by atoms with Crippen molar-refractivity contribution in [3.05, 3.63) is 21.9 Å². The highest BCUT2D eigenvalue weighted by Crippen LogP contribution is 2.16. The van der Waals surface area contributed by atoms with Gasteiger partial charge in [-0.1, -0.05) is 20.7 Å². The largest absolute Gasteiger partial charge is 0.443 e. The molecule has 0 bridgehead atoms. The van der Waals surface area contributed by atoms with Gasteiger partial charge in [-0.15, -0.1) is 0 Å². The van der Waals surface area contributed by atoms with Crippen LogP contribution in [0, 0.1) is 0 Å². The second-order valence-corrected chi connectivity index (χ2v) is 3.69. The van der Waals surface area contributed by atoms with E-state index < -0.39 is 0 Å². The van der Waals surface area contributed by atoms with Crippen LogP contribution in [0.2, 0.25) is 0 Å². The maximum Gasteiger partial charge on any atom is 0.181 e. The summed E-state index contributed by atoms with van der Waals surface area (Å²) in [4.78, 5) is 4.01. The molecule has 9 heavy (non-hydrogen) atoms. The standard InChI is InChI=1S/C6H4INO/c1-2-7-3-5-6(1)9-4-8-5/h1-4H. The van der Waals surface area contributed by atoms with Crippen molar-refractivity contribution in [2.45, 2.75) is 0 Å². The van der Waals surface area contributed by atoms with Crippen LogP contribution in [0.25, 0.3) is 6.08 Å². The molecule has 0 saturated heterocycles. The first-order valence-corrected chi connectivity index (χ1v) is 5.01. The zero-order chi connectivity index (χ0) is 6.10. The van der Waals surface area contributed by atoms with Gasteiger partial charge in [-0.05, 0) is 10.2 Å². The van der Waals surface area contributed by atoms with E-state index in [1.165, 1.54) is 6.39 Å². The summed E-state index contributed by atoms with van der Waals surface area (Å²) in [5, 5.41) is 0. The number of fused-ring (bicyclic) bond motifs is 1. The molecule has 1 aliphatic rings. The zero-order valence-electron chi connectivity index (χ0n) is 4.54. The van der Waals surface area contributed by atoms with Crippen LogP contribution in [0.5, 0.6) is 0 Å². The van der Waals surface area contributed by atoms with Crippen LogP contribution in [0.3, 0.4) is 0 Å². The number of hydrogen-bond donors (Lipinski definition) is 0. The summed E-state index contributed by atoms with van der Waals surface area (Å²) in [6, 6.07) is 0. The molecule has 2 nitrogen and oxygen atoms in total. The molecule has 0 radical (unpaired) electrons. The van der Waals surface area contributed by atoms with E-state index in [0.717, 1.165) is 11.5 Å². The second kappa shape index (κ2) is 2.06. The maximum atomic E-state index is 5.04. The van der Waals surface area contributed by atoms with Gasteiger partial charge >= 0.3 is 0 Å². The molecule has 46 valence electrons. The van der Waals surface area contributed by atoms with Crippen molar-refractivity contribution >= 4 is 30.8 Å². The molecule has 3 heteroatoms. The molecule has 1 aromatic rings. The monoisotopic (exact) mass is 233 g/mol. The molecule has 1 aliphatic heterocycles. The Morgan fingerprint density at radius 2 is 2.56 bits per heavy atom. The SMILES string of the molecule is C1=Cc2ocnc2C=I1. The summed E-state index contributed by atoms with van der Waals surface area (Å²) in [7, 11) is 0. The van der Waals surface area contributed by atoms with E-state index in [0.29, 0.717) is 0 Å². The van der Waals surface area contributed by atoms with E-state index in [-0.39, 0.29) is 20.7 Å². The molecule has 0 fully saturated rings. The lowest BCUT2D eigenvalue weighted by atomic mass is 10.4. The topological polar surface area (TPSA) is 26.0 Å². The van der Waals surface area contributed by atoms with Crippen LogP contribution >= 0.6 is 20.7 Å². The molecule has 0 N–H and O–H groups in total. The molecule has 1 aromatic heterocycles. The average molecular weight is 233 g/mol. The molecule has 2 heterocycles. The number of nitrogens with zero attached hydrogens (tertiary/aromatic N) is 1. The van der Waals surface area contributed by atoms with Crippen LogP contribution < -0.4 is 0 Å². The first kappa shape index (κ1) is 5.34. The summed E-state index contributed by atoms with van der Waals surface area (Å²) in [5.74, 6) is 0.904. The molecule has 0 aromatic carbocycles. The number of hydrogen-bond acceptors (Lipinski definition) is 2. The summed E-state index contributed by atoms with van der Waals surface area (Å²) in [6.07, 6.45) is 3.48. The van der Waals surface area contributed by atoms with Crippen molar-refractivity contribution in [2.24, 2.45) is 0 Å². The molecular formula is C6H4INO. The van der Waals surface area contributed by atoms with E-state index >= 15 is 0 Å². The highest BCUT2D eigenvalue weighted by atomic mass is 127. The summed E-state index contributed by atoms with van der Waals surface area (Å²) >= 11 is 0.124. The normalized spacial score (nSPS) is 14.7. The third-order valence-corrected chi connectivity index (χ3v) is 2.80. The minimum absolute atomic E-state index is 0.124. The van der Waals surface area contributed by atoms with E-state index in [1.54, 1.807) is 0 Å². The van der Waals surface area contributed by atoms with Gasteiger partial charge in [-0.2, -0.15) is 0 Å². The number of rotatable bonds is 0. The summed E-state index contributed by atoms with van der Waals surface area (Å²) in [6.45, 7) is 0. The Kier molecular flexibility index (Phi) is 1.22. The van der Waals surface area contributed by atoms with Crippen molar-refractivity contribution in [3.63, 3.8) is 0 Å². The molecule has 0 spiro atoms. The van der Waals surface area contributed by atoms with Crippen LogP contribution in [-0.4, -0.2) is 9.00 Å². The number of halogens is 1. The van der Waals surface area contributed by atoms with E-state index in [2.05, 4.69) is 13.1 Å². The molecule has 0 unspecified atom stereocenters. The fraction of sp³-hybridized carbons (Fsp3) is 0. The molecule has 0 saturated carbocycles. The van der Waals surface area contributed by atoms with E-state index in [9.17, 15) is 0 Å². The van der Waals surface area contributed by atoms with E-state index in [4.69, 9.17) is 4.42 Å². The first-order chi connectivity index (χ1) is 4.47. The Morgan fingerprint density at radius 3 is 3.44 bits per heavy atom. The minimum Gasteiger partial charge on any atom is -0.443 e. The quantitative estimate of drug-likeness (QED) is 0.638. The van der Waals surface area contributed by atoms with Crippen molar-refractivity contribution in [2.75, 3.05) is 0 Å². The lowest BCUT2D eigenvalue weighted by molar-refractivity contribution is 0.548. The van der Waals surface area contributed by atoms with Gasteiger partial charge in [0.2, 0.25) is 0 Å². The van der Waals surface area contributed by atoms with Gasteiger partial charge < -0.3 is 4.42 Å². The Hall–Kier alpha value is -0.450. The maximum absolute atomic E-state index is 5.04. The zero-order valence-corrected chi connectivity index (χ0v) is 6.70. The highest BCUT2D eigenvalue weighted by Gasteiger charge is 2.02. The molecule has 2 rings (SSSR count). The van der Waals surface area contributed by atoms with Gasteiger partial charge in [0.15, 0.2) is 12.2 Å². The van der Waals surface area contributed by atoms with Crippen molar-refractivity contribution in [1.82, 2.24) is 4.98 Å². The molecule has 0 amide bonds. The predicted octanol–water partition coefficient (Wildman–Crippen LogP) is 1.78. The molecular weight excluding hydrogens is 229 g/mol. The Labute approximate surface area is 62.3 Å². The minimum atomic E-state index is 0.124. The lowest BCUT2D eigenvalue weighted by Crippen LogP contribution is -1.82. The van der Waals surface area contributed by atoms with Gasteiger partial charge in [0.1, 0.15) is 5.69 Å². The van der Waals surface area contributed by atoms with Gasteiger partial charge in [0.05, 0.1) is 0 Å². The van der Waals surface area contributed by atoms with Crippen molar-refractivity contribution < 1.29 is 4.42 Å². The highest BCUT2D eigenvalue weighted by molar-refractivity contribution is 14.2. The predicted molar refractivity (Wildman–Crippen MR) is 44.7 cm³/mol. The fourth-order valence-corrected chi connectivity index (χ4v) is 2.21. The van der Waals surface area contributed by atoms with Crippen LogP contribution in [-0.2, 0) is 0 Å². The Bertz CT molecular complexity index is 248. The van der Waals surface area contributed by atoms with Crippen LogP contribution in [0.15, 0.2) is 14.9 Å². The Balaban J connectivity index is 2.68. The number of oxazole rings is 1. The summed E-state index contributed by atoms with van der Waals surface area (Å²) in [5.41, 5.74) is 1.02. The van der Waals surface area contributed by atoms with Crippen molar-refractivity contribution in [1.29, 1.82) is 0 Å². The second-order valence-electron chi connectivity index (χ2n) is 1.63. The van der Waals surface area contributed by atoms with Gasteiger partial charge in [-0.25, -0.2) is 4.98 Å². The molecule has 0 atom stereocenters. The van der Waals surface area contributed by atoms with Crippen LogP contribution in [0.4, 0.5) is 0 Å². The third-order valence-electron chi connectivity index (χ3n) is 1.08. The fourth-order valence-electron chi connectivity index (χ4n) is 0.660. The smallest absolute Gasteiger partial charge is 0.181 e. The average Bonchev–Trinajstić information content (AvgIpc) is 2.33. The molecule has 0 aliphatic carbocycles. The Morgan fingerprint density at radius 1 is 1.56 bits per heavy atom. The summed E-state index contributed by atoms with van der Waals surface area (Å²) < 4.78 is 9.35. The lowest BCUT2D eigenvalue weighted by Gasteiger charge is -1.89. The van der Waals surface area contributed by atoms with Gasteiger partial charge in [0, 0.05) is 4.01 Å². The van der Waals surface area contributed by atoms with Gasteiger partial charge in [-0.3, -0.25) is 0 Å². The van der Waals surface area contributed by atoms with Gasteiger partial charge in [0.25, 0.3) is 0 Å². The first-order valence-electron chi connectivity index (χ1n) is 2.52. The van der Waals surface area contributed by atoms with Crippen molar-refractivity contribution in [3.8, 4) is 0 Å². The third kappa shape index (κ3) is 0.849.